The van der Waals surface area contributed by atoms with Crippen molar-refractivity contribution < 1.29 is 59.7 Å². The molecule has 3 N–H and O–H groups in total. The summed E-state index contributed by atoms with van der Waals surface area (Å²) in [7, 11) is -10.0. The van der Waals surface area contributed by atoms with Gasteiger partial charge in [-0.1, -0.05) is 18.2 Å². The number of hydrogen-bond acceptors (Lipinski definition) is 11. The van der Waals surface area contributed by atoms with Crippen LogP contribution in [0, 0.1) is 3.83 Å². The molecule has 22 heteroatoms. The Morgan fingerprint density at radius 3 is 2.65 bits per heavy atom. The van der Waals surface area contributed by atoms with Crippen LogP contribution in [0.2, 0.25) is 0 Å². The summed E-state index contributed by atoms with van der Waals surface area (Å²) in [6.45, 7) is -2.29. The molecule has 1 fully saturated rings. The molecule has 5 heterocycles. The van der Waals surface area contributed by atoms with Crippen molar-refractivity contribution >= 4 is 60.3 Å². The summed E-state index contributed by atoms with van der Waals surface area (Å²) >= 11 is 1.77. The van der Waals surface area contributed by atoms with Gasteiger partial charge in [0, 0.05) is 12.6 Å². The zero-order valence-electron chi connectivity index (χ0n) is 24.9. The highest BCUT2D eigenvalue weighted by molar-refractivity contribution is 14.1. The Morgan fingerprint density at radius 2 is 1.86 bits per heavy atom. The molecule has 7 atom stereocenters. The second-order valence-corrected chi connectivity index (χ2v) is 15.3. The van der Waals surface area contributed by atoms with Crippen molar-refractivity contribution in [3.8, 4) is 0 Å². The zero-order valence-corrected chi connectivity index (χ0v) is 28.9. The van der Waals surface area contributed by atoms with Gasteiger partial charge < -0.3 is 28.4 Å². The van der Waals surface area contributed by atoms with Gasteiger partial charge in [0.25, 0.3) is 5.56 Å². The number of H-pyrrole nitrogens is 1. The van der Waals surface area contributed by atoms with Crippen LogP contribution in [-0.2, 0) is 36.7 Å². The summed E-state index contributed by atoms with van der Waals surface area (Å²) in [5.41, 5.74) is 0.166. The van der Waals surface area contributed by atoms with Crippen LogP contribution >= 0.6 is 38.2 Å². The number of benzene rings is 1. The molecule has 264 valence electrons. The number of fused-ring (bicyclic) bond motifs is 4. The lowest BCUT2D eigenvalue weighted by molar-refractivity contribution is -0.143. The summed E-state index contributed by atoms with van der Waals surface area (Å²) in [4.78, 5) is 45.2. The van der Waals surface area contributed by atoms with Gasteiger partial charge >= 0.3 is 21.8 Å². The third-order valence-electron chi connectivity index (χ3n) is 8.26. The molecule has 0 radical (unpaired) electrons. The number of phosphoric ester groups is 2. The smallest absolute Gasteiger partial charge is 0.473 e. The van der Waals surface area contributed by atoms with E-state index in [1.54, 1.807) is 33.4 Å². The number of ether oxygens (including phenoxy) is 2. The molecule has 4 unspecified atom stereocenters. The average Bonchev–Trinajstić information content (AvgIpc) is 3.79. The highest BCUT2D eigenvalue weighted by Crippen LogP contribution is 2.55. The first-order valence-corrected chi connectivity index (χ1v) is 18.8. The van der Waals surface area contributed by atoms with Gasteiger partial charge in [0.15, 0.2) is 15.0 Å². The Labute approximate surface area is 287 Å². The number of aromatic nitrogens is 5. The fraction of sp³-hybridized carbons (Fsp3) is 0.444. The van der Waals surface area contributed by atoms with Crippen molar-refractivity contribution in [1.29, 1.82) is 0 Å². The van der Waals surface area contributed by atoms with Crippen LogP contribution in [0.1, 0.15) is 31.5 Å². The van der Waals surface area contributed by atoms with E-state index in [9.17, 15) is 36.9 Å². The molecule has 0 spiro atoms. The van der Waals surface area contributed by atoms with Crippen LogP contribution in [0.25, 0.3) is 22.1 Å². The highest BCUT2D eigenvalue weighted by atomic mass is 127. The quantitative estimate of drug-likeness (QED) is 0.140. The lowest BCUT2D eigenvalue weighted by atomic mass is 10.1. The Morgan fingerprint density at radius 1 is 1.08 bits per heavy atom. The van der Waals surface area contributed by atoms with Crippen molar-refractivity contribution in [2.45, 2.75) is 56.0 Å². The van der Waals surface area contributed by atoms with Crippen molar-refractivity contribution in [1.82, 2.24) is 24.1 Å². The third kappa shape index (κ3) is 7.40. The van der Waals surface area contributed by atoms with Gasteiger partial charge in [-0.3, -0.25) is 27.9 Å². The minimum absolute atomic E-state index is 0.0200. The summed E-state index contributed by atoms with van der Waals surface area (Å²) < 4.78 is 103. The van der Waals surface area contributed by atoms with Crippen molar-refractivity contribution in [2.75, 3.05) is 19.8 Å². The van der Waals surface area contributed by atoms with Crippen LogP contribution in [0.5, 0.6) is 0 Å². The number of imidazole rings is 1. The van der Waals surface area contributed by atoms with E-state index >= 15 is 0 Å². The van der Waals surface area contributed by atoms with Gasteiger partial charge in [-0.2, -0.15) is 13.2 Å². The molecule has 3 aromatic heterocycles. The van der Waals surface area contributed by atoms with Crippen molar-refractivity contribution in [2.24, 2.45) is 0 Å². The van der Waals surface area contributed by atoms with Gasteiger partial charge in [0.1, 0.15) is 30.3 Å². The maximum atomic E-state index is 13.5. The number of rotatable bonds is 5. The topological polar surface area (TPSA) is 198 Å². The monoisotopic (exact) mass is 843 g/mol. The van der Waals surface area contributed by atoms with E-state index in [4.69, 9.17) is 27.6 Å². The predicted molar refractivity (Wildman–Crippen MR) is 170 cm³/mol. The van der Waals surface area contributed by atoms with Crippen molar-refractivity contribution in [3.05, 3.63) is 68.4 Å². The molecule has 7 rings (SSSR count). The minimum atomic E-state index is -5.09. The van der Waals surface area contributed by atoms with Crippen LogP contribution in [0.3, 0.4) is 0 Å². The number of nitrogens with zero attached hydrogens (tertiary/aromatic N) is 4. The van der Waals surface area contributed by atoms with Crippen LogP contribution in [0.4, 0.5) is 13.2 Å². The molecule has 1 aromatic carbocycles. The zero-order chi connectivity index (χ0) is 34.7. The third-order valence-corrected chi connectivity index (χ3v) is 10.7. The fourth-order valence-corrected chi connectivity index (χ4v) is 8.46. The first-order valence-electron chi connectivity index (χ1n) is 14.7. The van der Waals surface area contributed by atoms with E-state index in [1.807, 2.05) is 30.3 Å². The van der Waals surface area contributed by atoms with E-state index < -0.39 is 84.2 Å². The molecular weight excluding hydrogens is 816 g/mol. The second-order valence-electron chi connectivity index (χ2n) is 11.5. The molecule has 3 aliphatic rings. The normalized spacial score (nSPS) is 31.4. The van der Waals surface area contributed by atoms with E-state index in [0.717, 1.165) is 10.9 Å². The molecule has 0 saturated carbocycles. The Balaban J connectivity index is 1.23. The van der Waals surface area contributed by atoms with Crippen LogP contribution < -0.4 is 5.56 Å². The number of halogens is 4. The summed E-state index contributed by atoms with van der Waals surface area (Å²) in [6.07, 6.45) is -7.90. The molecule has 2 aliphatic heterocycles. The van der Waals surface area contributed by atoms with E-state index in [-0.39, 0.29) is 39.2 Å². The van der Waals surface area contributed by atoms with Gasteiger partial charge in [-0.05, 0) is 52.1 Å². The first-order chi connectivity index (χ1) is 23.2. The summed E-state index contributed by atoms with van der Waals surface area (Å²) in [5.74, 6) is -0.358. The first kappa shape index (κ1) is 34.8. The number of aromatic amines is 1. The average molecular weight is 843 g/mol. The Kier molecular flexibility index (Phi) is 9.34. The summed E-state index contributed by atoms with van der Waals surface area (Å²) in [6, 6.07) is 8.17. The molecule has 1 saturated heterocycles. The Hall–Kier alpha value is -2.65. The lowest BCUT2D eigenvalue weighted by Gasteiger charge is -2.27. The van der Waals surface area contributed by atoms with E-state index in [1.165, 1.54) is 10.9 Å². The fourth-order valence-electron chi connectivity index (χ4n) is 6.12. The molecule has 16 nitrogen and oxygen atoms in total. The van der Waals surface area contributed by atoms with E-state index in [2.05, 4.69) is 15.0 Å². The van der Waals surface area contributed by atoms with Gasteiger partial charge in [0.2, 0.25) is 0 Å². The van der Waals surface area contributed by atoms with E-state index in [0.29, 0.717) is 0 Å². The number of nitrogens with one attached hydrogen (secondary N) is 1. The standard InChI is InChI=1S/C27H27F3IN5O11P2/c28-27(29,30)6-8-42-22-15-9-17(36-13-32-21-24(36)33-26(31)34-25(21)37)23(22)47-49(40,41)44-12-19-18(46-48(38,39)43-11-15)10-20(45-19)35-7-5-14-3-1-2-4-16(14)35/h1-5,7,13,17-20,23H,6,8-12H2,(H,38,39)(H,40,41)(H,33,34,37)/t17-,18?,19-,20-,23?/m1/s1. The molecule has 4 aromatic rings. The number of phosphoric acid groups is 2. The maximum Gasteiger partial charge on any atom is 0.473 e. The summed E-state index contributed by atoms with van der Waals surface area (Å²) in [5, 5.41) is 0.904. The van der Waals surface area contributed by atoms with Crippen LogP contribution in [-0.4, -0.2) is 78.2 Å². The molecule has 49 heavy (non-hydrogen) atoms. The lowest BCUT2D eigenvalue weighted by Crippen LogP contribution is -2.30. The van der Waals surface area contributed by atoms with Gasteiger partial charge in [-0.25, -0.2) is 19.1 Å². The van der Waals surface area contributed by atoms with Gasteiger partial charge in [0.05, 0.1) is 44.1 Å². The molecule has 0 amide bonds. The predicted octanol–water partition coefficient (Wildman–Crippen LogP) is 4.85. The highest BCUT2D eigenvalue weighted by Gasteiger charge is 2.48. The molecule has 1 aliphatic carbocycles. The number of alkyl halides is 3. The number of para-hydroxylation sites is 1. The molecule has 2 bridgehead atoms. The second kappa shape index (κ2) is 13.2. The Bertz CT molecular complexity index is 2090. The molecular formula is C27H27F3IN5O11P2. The maximum absolute atomic E-state index is 13.5. The SMILES string of the molecule is O=c1[nH]c(I)nc2c1ncn2[C@@H]1CC2=C(OCCC(F)(F)F)C1OP(=O)(O)OC[C@H]1O[C@@H](n3ccc4ccccc43)CC1OP(=O)(O)OC2. The van der Waals surface area contributed by atoms with Gasteiger partial charge in [-0.15, -0.1) is 0 Å². The largest absolute Gasteiger partial charge is 0.495 e. The van der Waals surface area contributed by atoms with Crippen LogP contribution in [0.15, 0.2) is 59.0 Å². The minimum Gasteiger partial charge on any atom is -0.495 e. The number of hydrogen-bond donors (Lipinski definition) is 3. The van der Waals surface area contributed by atoms with Crippen molar-refractivity contribution in [3.63, 3.8) is 0 Å².